The average Bonchev–Trinajstić information content (AvgIpc) is 2.90. The molecule has 0 saturated carbocycles. The molecule has 2 heterocycles. The Morgan fingerprint density at radius 2 is 2.53 bits per heavy atom. The number of carbonyl (C=O) groups is 1. The summed E-state index contributed by atoms with van der Waals surface area (Å²) in [4.78, 5) is 18.5. The van der Waals surface area contributed by atoms with E-state index in [0.717, 1.165) is 12.1 Å². The second kappa shape index (κ2) is 4.75. The van der Waals surface area contributed by atoms with E-state index in [0.29, 0.717) is 12.2 Å². The first-order valence-electron chi connectivity index (χ1n) is 4.65. The highest BCUT2D eigenvalue weighted by molar-refractivity contribution is 7.07. The van der Waals surface area contributed by atoms with Gasteiger partial charge in [-0.15, -0.1) is 11.3 Å². The van der Waals surface area contributed by atoms with Crippen molar-refractivity contribution in [3.63, 3.8) is 0 Å². The van der Waals surface area contributed by atoms with Crippen LogP contribution in [0.3, 0.4) is 0 Å². The minimum absolute atomic E-state index is 0.0739. The summed E-state index contributed by atoms with van der Waals surface area (Å²) in [5.41, 5.74) is 3.40. The zero-order chi connectivity index (χ0) is 10.5. The first kappa shape index (κ1) is 9.92. The summed E-state index contributed by atoms with van der Waals surface area (Å²) in [6, 6.07) is 3.55. The molecule has 2 aromatic heterocycles. The predicted octanol–water partition coefficient (Wildman–Crippen LogP) is 1.44. The van der Waals surface area contributed by atoms with Crippen molar-refractivity contribution >= 4 is 17.2 Å². The van der Waals surface area contributed by atoms with E-state index in [1.165, 1.54) is 0 Å². The Morgan fingerprint density at radius 3 is 3.20 bits per heavy atom. The molecule has 4 nitrogen and oxygen atoms in total. The Kier molecular flexibility index (Phi) is 3.14. The highest BCUT2D eigenvalue weighted by Crippen LogP contribution is 2.01. The van der Waals surface area contributed by atoms with Gasteiger partial charge < -0.3 is 10.3 Å². The summed E-state index contributed by atoms with van der Waals surface area (Å²) < 4.78 is 0. The highest BCUT2D eigenvalue weighted by atomic mass is 32.1. The van der Waals surface area contributed by atoms with Crippen molar-refractivity contribution in [2.24, 2.45) is 0 Å². The Hall–Kier alpha value is -1.62. The van der Waals surface area contributed by atoms with Crippen LogP contribution < -0.4 is 5.32 Å². The molecule has 0 fully saturated rings. The fraction of sp³-hybridized carbons (Fsp3) is 0.200. The lowest BCUT2D eigenvalue weighted by molar-refractivity contribution is 0.0949. The van der Waals surface area contributed by atoms with Crippen molar-refractivity contribution in [2.45, 2.75) is 6.42 Å². The Labute approximate surface area is 91.4 Å². The van der Waals surface area contributed by atoms with E-state index >= 15 is 0 Å². The molecule has 0 radical (unpaired) electrons. The standard InChI is InChI=1S/C10H11N3OS/c14-10(9-2-1-4-11-9)12-5-3-8-6-15-7-13-8/h1-2,4,6-7,11H,3,5H2,(H,12,14). The molecule has 0 spiro atoms. The van der Waals surface area contributed by atoms with E-state index in [-0.39, 0.29) is 5.91 Å². The molecular weight excluding hydrogens is 210 g/mol. The third-order valence-corrected chi connectivity index (χ3v) is 2.63. The Balaban J connectivity index is 1.77. The molecule has 5 heteroatoms. The number of nitrogens with one attached hydrogen (secondary N) is 2. The zero-order valence-electron chi connectivity index (χ0n) is 8.06. The maximum atomic E-state index is 11.5. The number of amides is 1. The molecule has 2 aromatic rings. The van der Waals surface area contributed by atoms with E-state index in [2.05, 4.69) is 15.3 Å². The lowest BCUT2D eigenvalue weighted by Gasteiger charge is -2.01. The summed E-state index contributed by atoms with van der Waals surface area (Å²) in [6.07, 6.45) is 2.51. The number of hydrogen-bond acceptors (Lipinski definition) is 3. The largest absolute Gasteiger partial charge is 0.357 e. The number of hydrogen-bond donors (Lipinski definition) is 2. The van der Waals surface area contributed by atoms with Gasteiger partial charge in [0.05, 0.1) is 11.2 Å². The maximum Gasteiger partial charge on any atom is 0.267 e. The first-order valence-corrected chi connectivity index (χ1v) is 5.59. The molecule has 15 heavy (non-hydrogen) atoms. The van der Waals surface area contributed by atoms with Crippen molar-refractivity contribution in [2.75, 3.05) is 6.54 Å². The highest BCUT2D eigenvalue weighted by Gasteiger charge is 2.04. The van der Waals surface area contributed by atoms with Crippen LogP contribution in [0.2, 0.25) is 0 Å². The molecule has 0 aromatic carbocycles. The van der Waals surface area contributed by atoms with Gasteiger partial charge in [-0.1, -0.05) is 0 Å². The second-order valence-corrected chi connectivity index (χ2v) is 3.79. The maximum absolute atomic E-state index is 11.5. The van der Waals surface area contributed by atoms with E-state index < -0.39 is 0 Å². The van der Waals surface area contributed by atoms with Crippen molar-refractivity contribution in [1.29, 1.82) is 0 Å². The summed E-state index contributed by atoms with van der Waals surface area (Å²) >= 11 is 1.57. The second-order valence-electron chi connectivity index (χ2n) is 3.07. The molecule has 0 saturated heterocycles. The lowest BCUT2D eigenvalue weighted by Crippen LogP contribution is -2.25. The molecule has 0 atom stereocenters. The van der Waals surface area contributed by atoms with Crippen LogP contribution in [0.4, 0.5) is 0 Å². The third-order valence-electron chi connectivity index (χ3n) is 1.99. The first-order chi connectivity index (χ1) is 7.36. The summed E-state index contributed by atoms with van der Waals surface area (Å²) in [6.45, 7) is 0.613. The van der Waals surface area contributed by atoms with Gasteiger partial charge >= 0.3 is 0 Å². The van der Waals surface area contributed by atoms with Gasteiger partial charge in [0.2, 0.25) is 0 Å². The number of carbonyl (C=O) groups excluding carboxylic acids is 1. The van der Waals surface area contributed by atoms with Crippen LogP contribution >= 0.6 is 11.3 Å². The number of nitrogens with zero attached hydrogens (tertiary/aromatic N) is 1. The van der Waals surface area contributed by atoms with Gasteiger partial charge in [0.25, 0.3) is 5.91 Å². The smallest absolute Gasteiger partial charge is 0.267 e. The summed E-state index contributed by atoms with van der Waals surface area (Å²) in [5, 5.41) is 4.80. The van der Waals surface area contributed by atoms with E-state index in [1.54, 1.807) is 35.2 Å². The molecular formula is C10H11N3OS. The van der Waals surface area contributed by atoms with Crippen LogP contribution in [0.1, 0.15) is 16.2 Å². The van der Waals surface area contributed by atoms with Gasteiger partial charge in [-0.3, -0.25) is 4.79 Å². The monoisotopic (exact) mass is 221 g/mol. The fourth-order valence-corrected chi connectivity index (χ4v) is 1.82. The molecule has 0 aliphatic carbocycles. The number of aromatic nitrogens is 2. The van der Waals surface area contributed by atoms with Crippen LogP contribution in [0, 0.1) is 0 Å². The molecule has 1 amide bonds. The fourth-order valence-electron chi connectivity index (χ4n) is 1.23. The van der Waals surface area contributed by atoms with Crippen molar-refractivity contribution < 1.29 is 4.79 Å². The van der Waals surface area contributed by atoms with E-state index in [1.807, 2.05) is 5.38 Å². The Morgan fingerprint density at radius 1 is 1.60 bits per heavy atom. The van der Waals surface area contributed by atoms with E-state index in [9.17, 15) is 4.79 Å². The minimum atomic E-state index is -0.0739. The third kappa shape index (κ3) is 2.66. The quantitative estimate of drug-likeness (QED) is 0.820. The van der Waals surface area contributed by atoms with Gasteiger partial charge in [-0.25, -0.2) is 4.98 Å². The topological polar surface area (TPSA) is 57.8 Å². The van der Waals surface area contributed by atoms with Crippen LogP contribution in [-0.2, 0) is 6.42 Å². The molecule has 0 bridgehead atoms. The normalized spacial score (nSPS) is 10.1. The molecule has 0 unspecified atom stereocenters. The number of aromatic amines is 1. The number of thiazole rings is 1. The van der Waals surface area contributed by atoms with Gasteiger partial charge in [-0.2, -0.15) is 0 Å². The SMILES string of the molecule is O=C(NCCc1cscn1)c1ccc[nH]1. The van der Waals surface area contributed by atoms with Crippen LogP contribution in [-0.4, -0.2) is 22.4 Å². The lowest BCUT2D eigenvalue weighted by atomic mass is 10.3. The van der Waals surface area contributed by atoms with Crippen molar-refractivity contribution in [1.82, 2.24) is 15.3 Å². The van der Waals surface area contributed by atoms with E-state index in [4.69, 9.17) is 0 Å². The summed E-state index contributed by atoms with van der Waals surface area (Å²) in [7, 11) is 0. The molecule has 2 N–H and O–H groups in total. The Bertz CT molecular complexity index is 408. The molecule has 0 aliphatic heterocycles. The average molecular weight is 221 g/mol. The molecule has 78 valence electrons. The zero-order valence-corrected chi connectivity index (χ0v) is 8.88. The predicted molar refractivity (Wildman–Crippen MR) is 58.9 cm³/mol. The van der Waals surface area contributed by atoms with Gasteiger partial charge in [0.15, 0.2) is 0 Å². The number of H-pyrrole nitrogens is 1. The van der Waals surface area contributed by atoms with Gasteiger partial charge in [-0.05, 0) is 12.1 Å². The van der Waals surface area contributed by atoms with Gasteiger partial charge in [0, 0.05) is 24.5 Å². The van der Waals surface area contributed by atoms with Crippen LogP contribution in [0.5, 0.6) is 0 Å². The van der Waals surface area contributed by atoms with Gasteiger partial charge in [0.1, 0.15) is 5.69 Å². The van der Waals surface area contributed by atoms with Crippen LogP contribution in [0.15, 0.2) is 29.2 Å². The molecule has 2 rings (SSSR count). The van der Waals surface area contributed by atoms with Crippen molar-refractivity contribution in [3.8, 4) is 0 Å². The van der Waals surface area contributed by atoms with Crippen molar-refractivity contribution in [3.05, 3.63) is 40.6 Å². The minimum Gasteiger partial charge on any atom is -0.357 e. The molecule has 0 aliphatic rings. The van der Waals surface area contributed by atoms with Crippen LogP contribution in [0.25, 0.3) is 0 Å². The summed E-state index contributed by atoms with van der Waals surface area (Å²) in [5.74, 6) is -0.0739. The number of rotatable bonds is 4.